The molecule has 1 atom stereocenters. The van der Waals surface area contributed by atoms with Crippen molar-refractivity contribution < 1.29 is 28.6 Å². The molecule has 10 nitrogen and oxygen atoms in total. The fourth-order valence-electron chi connectivity index (χ4n) is 4.54. The maximum absolute atomic E-state index is 13.3. The number of nitrogens with zero attached hydrogens (tertiary/aromatic N) is 3. The second-order valence-corrected chi connectivity index (χ2v) is 9.83. The van der Waals surface area contributed by atoms with Crippen LogP contribution >= 0.6 is 0 Å². The molecule has 2 aromatic rings. The predicted molar refractivity (Wildman–Crippen MR) is 179 cm³/mol. The zero-order valence-corrected chi connectivity index (χ0v) is 26.8. The zero-order valence-electron chi connectivity index (χ0n) is 26.8. The molecule has 2 heterocycles. The van der Waals surface area contributed by atoms with Crippen LogP contribution in [0.15, 0.2) is 119 Å². The van der Waals surface area contributed by atoms with Gasteiger partial charge in [0.15, 0.2) is 0 Å². The van der Waals surface area contributed by atoms with Crippen LogP contribution in [0.3, 0.4) is 0 Å². The monoisotopic (exact) mass is 623 g/mol. The third-order valence-corrected chi connectivity index (χ3v) is 7.00. The van der Waals surface area contributed by atoms with E-state index in [1.807, 2.05) is 58.9 Å². The van der Waals surface area contributed by atoms with E-state index in [1.165, 1.54) is 25.3 Å². The summed E-state index contributed by atoms with van der Waals surface area (Å²) in [6, 6.07) is 8.49. The summed E-state index contributed by atoms with van der Waals surface area (Å²) in [6.07, 6.45) is 10.6. The lowest BCUT2D eigenvalue weighted by atomic mass is 10.1. The molecule has 0 saturated heterocycles. The fourth-order valence-corrected chi connectivity index (χ4v) is 4.54. The molecule has 0 N–H and O–H groups in total. The van der Waals surface area contributed by atoms with Crippen LogP contribution in [0.1, 0.15) is 71.3 Å². The van der Waals surface area contributed by atoms with Crippen molar-refractivity contribution in [2.24, 2.45) is 10.2 Å². The summed E-state index contributed by atoms with van der Waals surface area (Å²) in [6.45, 7) is 17.7. The second-order valence-electron chi connectivity index (χ2n) is 9.83. The normalized spacial score (nSPS) is 17.3. The fraction of sp³-hybridized carbons (Fsp3) is 0.222. The van der Waals surface area contributed by atoms with Crippen LogP contribution in [-0.4, -0.2) is 43.4 Å². The van der Waals surface area contributed by atoms with E-state index in [9.17, 15) is 19.3 Å². The van der Waals surface area contributed by atoms with Gasteiger partial charge >= 0.3 is 5.91 Å². The third-order valence-electron chi connectivity index (χ3n) is 7.00. The van der Waals surface area contributed by atoms with Crippen LogP contribution in [0.4, 0.5) is 5.69 Å². The van der Waals surface area contributed by atoms with Gasteiger partial charge in [-0.25, -0.2) is 9.89 Å². The lowest BCUT2D eigenvalue weighted by Gasteiger charge is -2.18. The minimum atomic E-state index is -1.04. The molecule has 3 amide bonds. The molecule has 0 radical (unpaired) electrons. The molecule has 4 rings (SSSR count). The van der Waals surface area contributed by atoms with Crippen molar-refractivity contribution in [3.8, 4) is 5.75 Å². The lowest BCUT2D eigenvalue weighted by Crippen LogP contribution is -2.29. The number of benzene rings is 2. The van der Waals surface area contributed by atoms with Crippen molar-refractivity contribution in [1.29, 1.82) is 0 Å². The standard InChI is InChI=1S/C34H31N3O7.C2H6/c1-7-8-9-20(2)22(4)44-23(5)24-11-10-21(3)43-32(35-17-16-24)29-19-26(13-15-30(29)42-6)37-33(39)27-14-12-25(31(38)36-41)18-28(27)34(37)40;1-2/h7-16,18-19,23H,1,3,17H2,2,4-6H3;1-2H3/b9-8-,11-10-,22-20+,24-16+,35-32?;. The molecule has 46 heavy (non-hydrogen) atoms. The highest BCUT2D eigenvalue weighted by Gasteiger charge is 2.38. The average molecular weight is 624 g/mol. The maximum atomic E-state index is 13.3. The van der Waals surface area contributed by atoms with Gasteiger partial charge in [0.2, 0.25) is 5.90 Å². The van der Waals surface area contributed by atoms with Gasteiger partial charge < -0.3 is 14.2 Å². The van der Waals surface area contributed by atoms with Crippen LogP contribution in [0.5, 0.6) is 5.75 Å². The van der Waals surface area contributed by atoms with Crippen molar-refractivity contribution in [2.75, 3.05) is 18.6 Å². The van der Waals surface area contributed by atoms with Gasteiger partial charge in [0, 0.05) is 10.7 Å². The third kappa shape index (κ3) is 7.71. The molecular weight excluding hydrogens is 586 g/mol. The molecule has 1 unspecified atom stereocenters. The van der Waals surface area contributed by atoms with Gasteiger partial charge in [0.25, 0.3) is 11.8 Å². The topological polar surface area (TPSA) is 124 Å². The van der Waals surface area contributed by atoms with E-state index >= 15 is 0 Å². The molecule has 2 aromatic carbocycles. The molecule has 0 fully saturated rings. The van der Waals surface area contributed by atoms with E-state index in [1.54, 1.807) is 30.4 Å². The summed E-state index contributed by atoms with van der Waals surface area (Å²) in [5, 5.41) is 2.39. The van der Waals surface area contributed by atoms with Crippen LogP contribution in [0.2, 0.25) is 0 Å². The van der Waals surface area contributed by atoms with Crippen molar-refractivity contribution in [2.45, 2.75) is 40.7 Å². The SMILES string of the molecule is C=C/C=C\C(C)=C(/C)OC(C)C1=C/CN=C(c2cc(N3C(=O)c4ccc(C(=O)N=O)cc4C3=O)ccc2OC)OC(=C)/C=C\1.CC. The Bertz CT molecular complexity index is 1730. The first-order valence-electron chi connectivity index (χ1n) is 14.6. The van der Waals surface area contributed by atoms with Crippen LogP contribution < -0.4 is 9.64 Å². The van der Waals surface area contributed by atoms with Crippen molar-refractivity contribution in [3.63, 3.8) is 0 Å². The summed E-state index contributed by atoms with van der Waals surface area (Å²) in [7, 11) is 1.48. The maximum Gasteiger partial charge on any atom is 0.316 e. The van der Waals surface area contributed by atoms with Crippen LogP contribution in [0.25, 0.3) is 0 Å². The van der Waals surface area contributed by atoms with Gasteiger partial charge in [-0.1, -0.05) is 57.4 Å². The molecule has 0 aromatic heterocycles. The highest BCUT2D eigenvalue weighted by molar-refractivity contribution is 6.35. The Morgan fingerprint density at radius 3 is 2.46 bits per heavy atom. The smallest absolute Gasteiger partial charge is 0.316 e. The van der Waals surface area contributed by atoms with Crippen molar-refractivity contribution >= 4 is 29.3 Å². The summed E-state index contributed by atoms with van der Waals surface area (Å²) < 4.78 is 17.7. The Labute approximate surface area is 268 Å². The van der Waals surface area contributed by atoms with Crippen LogP contribution in [0, 0.1) is 4.91 Å². The quantitative estimate of drug-likeness (QED) is 0.122. The Morgan fingerprint density at radius 1 is 1.07 bits per heavy atom. The molecule has 0 spiro atoms. The number of carbonyl (C=O) groups excluding carboxylic acids is 3. The van der Waals surface area contributed by atoms with Crippen molar-refractivity contribution in [1.82, 2.24) is 0 Å². The number of rotatable bonds is 9. The summed E-state index contributed by atoms with van der Waals surface area (Å²) in [5.41, 5.74) is 2.42. The molecule has 0 saturated carbocycles. The molecule has 10 heteroatoms. The second kappa shape index (κ2) is 15.9. The Morgan fingerprint density at radius 2 is 1.78 bits per heavy atom. The van der Waals surface area contributed by atoms with Gasteiger partial charge in [-0.05, 0) is 74.4 Å². The van der Waals surface area contributed by atoms with E-state index in [0.29, 0.717) is 11.3 Å². The number of fused-ring (bicyclic) bond motifs is 1. The highest BCUT2D eigenvalue weighted by atomic mass is 16.5. The minimum absolute atomic E-state index is 0.0116. The van der Waals surface area contributed by atoms with Gasteiger partial charge in [0.1, 0.15) is 17.6 Å². The number of amides is 3. The summed E-state index contributed by atoms with van der Waals surface area (Å²) in [5.74, 6) is -0.694. The highest BCUT2D eigenvalue weighted by Crippen LogP contribution is 2.33. The number of carbonyl (C=O) groups is 3. The van der Waals surface area contributed by atoms with Gasteiger partial charge in [-0.15, -0.1) is 4.91 Å². The predicted octanol–water partition coefficient (Wildman–Crippen LogP) is 7.64. The number of nitroso groups, excluding NO2 is 1. The van der Waals surface area contributed by atoms with E-state index < -0.39 is 17.7 Å². The first-order valence-corrected chi connectivity index (χ1v) is 14.6. The Kier molecular flexibility index (Phi) is 12.0. The summed E-state index contributed by atoms with van der Waals surface area (Å²) in [4.78, 5) is 54.6. The largest absolute Gasteiger partial charge is 0.496 e. The van der Waals surface area contributed by atoms with E-state index in [0.717, 1.165) is 21.8 Å². The molecule has 0 aliphatic carbocycles. The van der Waals surface area contributed by atoms with E-state index in [4.69, 9.17) is 14.2 Å². The summed E-state index contributed by atoms with van der Waals surface area (Å²) >= 11 is 0. The van der Waals surface area contributed by atoms with Gasteiger partial charge in [-0.3, -0.25) is 14.4 Å². The van der Waals surface area contributed by atoms with E-state index in [-0.39, 0.29) is 46.7 Å². The number of imide groups is 1. The minimum Gasteiger partial charge on any atom is -0.496 e. The van der Waals surface area contributed by atoms with Crippen molar-refractivity contribution in [3.05, 3.63) is 136 Å². The Hall–Kier alpha value is -5.64. The molecule has 238 valence electrons. The number of aliphatic imine (C=N–C) groups is 1. The number of hydrogen-bond donors (Lipinski definition) is 0. The van der Waals surface area contributed by atoms with Crippen LogP contribution in [-0.2, 0) is 9.47 Å². The first kappa shape index (κ1) is 34.8. The zero-order chi connectivity index (χ0) is 34.0. The number of anilines is 1. The Balaban J connectivity index is 0.00000282. The van der Waals surface area contributed by atoms with Gasteiger partial charge in [-0.2, -0.15) is 0 Å². The average Bonchev–Trinajstić information content (AvgIpc) is 3.37. The van der Waals surface area contributed by atoms with E-state index in [2.05, 4.69) is 23.3 Å². The lowest BCUT2D eigenvalue weighted by molar-refractivity contribution is 0.0925. The number of methoxy groups -OCH3 is 1. The number of ether oxygens (including phenoxy) is 3. The van der Waals surface area contributed by atoms with Gasteiger partial charge in [0.05, 0.1) is 41.8 Å². The number of hydrogen-bond acceptors (Lipinski definition) is 8. The molecule has 2 aliphatic heterocycles. The molecule has 2 aliphatic rings. The molecule has 0 bridgehead atoms. The molecular formula is C36H37N3O7. The number of allylic oxidation sites excluding steroid dienone is 6. The first-order chi connectivity index (χ1) is 22.1.